The highest BCUT2D eigenvalue weighted by atomic mass is 32.2. The van der Waals surface area contributed by atoms with Crippen LogP contribution in [-0.2, 0) is 14.8 Å². The van der Waals surface area contributed by atoms with Gasteiger partial charge in [-0.15, -0.1) is 0 Å². The number of carbonyl (C=O) groups excluding carboxylic acids is 1. The first-order valence-electron chi connectivity index (χ1n) is 8.39. The monoisotopic (exact) mass is 378 g/mol. The number of amides is 1. The molecule has 1 aromatic heterocycles. The molecule has 2 heterocycles. The van der Waals surface area contributed by atoms with Crippen molar-refractivity contribution in [2.45, 2.75) is 37.9 Å². The molecule has 0 saturated carbocycles. The number of furan rings is 1. The predicted molar refractivity (Wildman–Crippen MR) is 96.6 cm³/mol. The van der Waals surface area contributed by atoms with Crippen LogP contribution >= 0.6 is 0 Å². The quantitative estimate of drug-likeness (QED) is 0.883. The van der Waals surface area contributed by atoms with Gasteiger partial charge in [0.15, 0.2) is 5.76 Å². The summed E-state index contributed by atoms with van der Waals surface area (Å²) in [4.78, 5) is 12.3. The van der Waals surface area contributed by atoms with Crippen molar-refractivity contribution in [3.63, 3.8) is 0 Å². The van der Waals surface area contributed by atoms with Gasteiger partial charge in [0.25, 0.3) is 5.91 Å². The van der Waals surface area contributed by atoms with Crippen molar-refractivity contribution in [1.29, 1.82) is 0 Å². The van der Waals surface area contributed by atoms with Crippen LogP contribution in [0.15, 0.2) is 45.7 Å². The highest BCUT2D eigenvalue weighted by molar-refractivity contribution is 7.89. The van der Waals surface area contributed by atoms with Crippen molar-refractivity contribution >= 4 is 21.6 Å². The summed E-state index contributed by atoms with van der Waals surface area (Å²) in [6, 6.07) is 9.40. The maximum Gasteiger partial charge on any atom is 0.291 e. The normalized spacial score (nSPS) is 21.5. The molecule has 0 bridgehead atoms. The van der Waals surface area contributed by atoms with Crippen molar-refractivity contribution < 1.29 is 22.4 Å². The van der Waals surface area contributed by atoms with Crippen LogP contribution < -0.4 is 5.32 Å². The number of aryl methyl sites for hydroxylation is 1. The average molecular weight is 378 g/mol. The summed E-state index contributed by atoms with van der Waals surface area (Å²) < 4.78 is 37.9. The zero-order chi connectivity index (χ0) is 18.9. The summed E-state index contributed by atoms with van der Waals surface area (Å²) in [6.45, 7) is 6.11. The molecule has 0 aliphatic carbocycles. The highest BCUT2D eigenvalue weighted by Crippen LogP contribution is 2.22. The maximum absolute atomic E-state index is 12.8. The Kier molecular flexibility index (Phi) is 5.17. The van der Waals surface area contributed by atoms with Gasteiger partial charge in [0, 0.05) is 18.8 Å². The van der Waals surface area contributed by atoms with Gasteiger partial charge in [-0.1, -0.05) is 0 Å². The molecule has 8 heteroatoms. The minimum atomic E-state index is -3.60. The van der Waals surface area contributed by atoms with E-state index in [1.807, 2.05) is 13.8 Å². The molecule has 2 aromatic rings. The van der Waals surface area contributed by atoms with Gasteiger partial charge >= 0.3 is 0 Å². The Hall–Kier alpha value is -2.16. The molecule has 26 heavy (non-hydrogen) atoms. The second-order valence-corrected chi connectivity index (χ2v) is 8.41. The van der Waals surface area contributed by atoms with Crippen LogP contribution in [0.4, 0.5) is 5.69 Å². The van der Waals surface area contributed by atoms with E-state index in [9.17, 15) is 13.2 Å². The van der Waals surface area contributed by atoms with Crippen LogP contribution in [0.25, 0.3) is 0 Å². The summed E-state index contributed by atoms with van der Waals surface area (Å²) in [5.74, 6) is 0.464. The summed E-state index contributed by atoms with van der Waals surface area (Å²) in [5.41, 5.74) is 0.492. The summed E-state index contributed by atoms with van der Waals surface area (Å²) in [5, 5.41) is 2.68. The molecule has 1 saturated heterocycles. The van der Waals surface area contributed by atoms with E-state index in [2.05, 4.69) is 5.32 Å². The van der Waals surface area contributed by atoms with Crippen molar-refractivity contribution in [3.05, 3.63) is 47.9 Å². The molecule has 1 N–H and O–H groups in total. The number of carbonyl (C=O) groups is 1. The maximum atomic E-state index is 12.8. The van der Waals surface area contributed by atoms with Gasteiger partial charge in [-0.05, 0) is 57.2 Å². The van der Waals surface area contributed by atoms with Crippen molar-refractivity contribution in [1.82, 2.24) is 4.31 Å². The van der Waals surface area contributed by atoms with Crippen LogP contribution in [0.1, 0.15) is 30.2 Å². The van der Waals surface area contributed by atoms with Crippen molar-refractivity contribution in [2.75, 3.05) is 18.4 Å². The van der Waals surface area contributed by atoms with Crippen molar-refractivity contribution in [2.24, 2.45) is 0 Å². The first kappa shape index (κ1) is 18.6. The van der Waals surface area contributed by atoms with E-state index in [0.29, 0.717) is 24.5 Å². The molecule has 0 spiro atoms. The molecule has 0 unspecified atom stereocenters. The van der Waals surface area contributed by atoms with Gasteiger partial charge in [0.2, 0.25) is 10.0 Å². The number of nitrogens with zero attached hydrogens (tertiary/aromatic N) is 1. The number of benzene rings is 1. The van der Waals surface area contributed by atoms with E-state index in [0.717, 1.165) is 0 Å². The second kappa shape index (κ2) is 7.22. The highest BCUT2D eigenvalue weighted by Gasteiger charge is 2.32. The number of morpholine rings is 1. The minimum absolute atomic E-state index is 0.149. The molecule has 2 atom stereocenters. The second-order valence-electron chi connectivity index (χ2n) is 6.47. The zero-order valence-corrected chi connectivity index (χ0v) is 15.7. The van der Waals surface area contributed by atoms with Gasteiger partial charge in [-0.25, -0.2) is 8.42 Å². The number of hydrogen-bond acceptors (Lipinski definition) is 5. The fourth-order valence-corrected chi connectivity index (χ4v) is 4.53. The third-order valence-corrected chi connectivity index (χ3v) is 5.95. The lowest BCUT2D eigenvalue weighted by molar-refractivity contribution is -0.0440. The largest absolute Gasteiger partial charge is 0.456 e. The van der Waals surface area contributed by atoms with Gasteiger partial charge < -0.3 is 14.5 Å². The molecule has 7 nitrogen and oxygen atoms in total. The predicted octanol–water partition coefficient (Wildman–Crippen LogP) is 2.64. The van der Waals surface area contributed by atoms with Crippen LogP contribution in [0, 0.1) is 6.92 Å². The van der Waals surface area contributed by atoms with E-state index in [4.69, 9.17) is 9.15 Å². The minimum Gasteiger partial charge on any atom is -0.456 e. The van der Waals surface area contributed by atoms with Crippen LogP contribution in [0.5, 0.6) is 0 Å². The lowest BCUT2D eigenvalue weighted by atomic mass is 10.3. The molecular weight excluding hydrogens is 356 g/mol. The fraction of sp³-hybridized carbons (Fsp3) is 0.389. The Morgan fingerprint density at radius 2 is 1.69 bits per heavy atom. The van der Waals surface area contributed by atoms with Gasteiger partial charge in [-0.3, -0.25) is 4.79 Å². The van der Waals surface area contributed by atoms with E-state index in [-0.39, 0.29) is 28.8 Å². The Bertz CT molecular complexity index is 879. The lowest BCUT2D eigenvalue weighted by Crippen LogP contribution is -2.48. The molecule has 1 fully saturated rings. The molecule has 0 radical (unpaired) electrons. The molecule has 1 aliphatic heterocycles. The molecule has 3 rings (SSSR count). The summed E-state index contributed by atoms with van der Waals surface area (Å²) in [6.07, 6.45) is -0.298. The van der Waals surface area contributed by atoms with Crippen molar-refractivity contribution in [3.8, 4) is 0 Å². The number of hydrogen-bond donors (Lipinski definition) is 1. The van der Waals surface area contributed by atoms with E-state index >= 15 is 0 Å². The first-order chi connectivity index (χ1) is 12.3. The number of sulfonamides is 1. The summed E-state index contributed by atoms with van der Waals surface area (Å²) in [7, 11) is -3.60. The first-order valence-corrected chi connectivity index (χ1v) is 9.83. The molecule has 140 valence electrons. The van der Waals surface area contributed by atoms with Gasteiger partial charge in [0.1, 0.15) is 5.76 Å². The van der Waals surface area contributed by atoms with Crippen LogP contribution in [-0.4, -0.2) is 43.9 Å². The van der Waals surface area contributed by atoms with Crippen LogP contribution in [0.2, 0.25) is 0 Å². The molecule has 1 aliphatic rings. The Labute approximate surface area is 153 Å². The average Bonchev–Trinajstić information content (AvgIpc) is 3.01. The fourth-order valence-electron chi connectivity index (χ4n) is 2.94. The Morgan fingerprint density at radius 1 is 1.08 bits per heavy atom. The third kappa shape index (κ3) is 3.98. The zero-order valence-electron chi connectivity index (χ0n) is 14.9. The topological polar surface area (TPSA) is 88.9 Å². The smallest absolute Gasteiger partial charge is 0.291 e. The standard InChI is InChI=1S/C18H22N2O5S/c1-12-4-9-17(25-12)18(21)19-15-5-7-16(8-6-15)26(22,23)20-10-13(2)24-14(3)11-20/h4-9,13-14H,10-11H2,1-3H3,(H,19,21)/t13-,14-/m1/s1. The third-order valence-electron chi connectivity index (χ3n) is 4.10. The van der Waals surface area contributed by atoms with E-state index in [1.165, 1.54) is 16.4 Å². The Balaban J connectivity index is 1.73. The van der Waals surface area contributed by atoms with E-state index < -0.39 is 10.0 Å². The molecule has 1 amide bonds. The number of anilines is 1. The number of ether oxygens (including phenoxy) is 1. The number of nitrogens with one attached hydrogen (secondary N) is 1. The SMILES string of the molecule is Cc1ccc(C(=O)Nc2ccc(S(=O)(=O)N3C[C@@H](C)O[C@H](C)C3)cc2)o1. The van der Waals surface area contributed by atoms with Gasteiger partial charge in [0.05, 0.1) is 17.1 Å². The lowest BCUT2D eigenvalue weighted by Gasteiger charge is -2.34. The Morgan fingerprint density at radius 3 is 2.23 bits per heavy atom. The van der Waals surface area contributed by atoms with Gasteiger partial charge in [-0.2, -0.15) is 4.31 Å². The molecular formula is C18H22N2O5S. The number of rotatable bonds is 4. The summed E-state index contributed by atoms with van der Waals surface area (Å²) >= 11 is 0. The van der Waals surface area contributed by atoms with Crippen LogP contribution in [0.3, 0.4) is 0 Å². The van der Waals surface area contributed by atoms with E-state index in [1.54, 1.807) is 31.2 Å². The molecule has 1 aromatic carbocycles.